The fourth-order valence-corrected chi connectivity index (χ4v) is 9.08. The molecule has 0 atom stereocenters. The SMILES string of the molecule is C[Si](C)(C)c1ccc(-c2[c-]cccc2)nc1.Cc1ccc2c(c1)sc1c(-c3cc4sc5c(C)cccc5c4cn3)[c-]ccc12.[Ir]. The molecule has 4 aromatic carbocycles. The minimum Gasteiger partial charge on any atom is -0.305 e. The van der Waals surface area contributed by atoms with Gasteiger partial charge < -0.3 is 9.97 Å². The molecule has 0 N–H and O–H groups in total. The van der Waals surface area contributed by atoms with Gasteiger partial charge in [0, 0.05) is 57.4 Å². The van der Waals surface area contributed by atoms with Gasteiger partial charge in [-0.25, -0.2) is 0 Å². The standard InChI is InChI=1S/C25H16NS2.C14H16NSi.Ir/c1-14-9-10-16-17-7-4-8-19(25(17)28-22(16)11-14)21-12-23-20(13-26-21)18-6-3-5-15(2)24(18)27-23;1-16(2,3)13-9-10-14(15-11-13)12-7-5-4-6-8-12;/h3-7,9-13H,1-2H3;4-7,9-11H,1-3H3;/q2*-1;. The van der Waals surface area contributed by atoms with Gasteiger partial charge in [-0.3, -0.25) is 0 Å². The molecule has 0 fully saturated rings. The normalized spacial score (nSPS) is 11.5. The van der Waals surface area contributed by atoms with Crippen molar-refractivity contribution in [3.8, 4) is 22.5 Å². The van der Waals surface area contributed by atoms with Crippen molar-refractivity contribution in [2.45, 2.75) is 33.5 Å². The van der Waals surface area contributed by atoms with Crippen LogP contribution < -0.4 is 5.19 Å². The van der Waals surface area contributed by atoms with Crippen molar-refractivity contribution in [1.29, 1.82) is 0 Å². The fourth-order valence-electron chi connectivity index (χ4n) is 5.56. The molecule has 8 aromatic rings. The first-order valence-electron chi connectivity index (χ1n) is 14.8. The number of thiophene rings is 2. The number of pyridine rings is 2. The summed E-state index contributed by atoms with van der Waals surface area (Å²) in [6, 6.07) is 38.6. The van der Waals surface area contributed by atoms with E-state index in [9.17, 15) is 0 Å². The van der Waals surface area contributed by atoms with Crippen LogP contribution in [0.2, 0.25) is 19.6 Å². The van der Waals surface area contributed by atoms with Gasteiger partial charge in [-0.2, -0.15) is 11.3 Å². The third-order valence-corrected chi connectivity index (χ3v) is 12.6. The molecule has 0 aliphatic carbocycles. The number of aromatic nitrogens is 2. The quantitative estimate of drug-likeness (QED) is 0.131. The molecule has 0 bridgehead atoms. The largest absolute Gasteiger partial charge is 0.305 e. The zero-order chi connectivity index (χ0) is 30.4. The van der Waals surface area contributed by atoms with Crippen LogP contribution in [-0.2, 0) is 20.1 Å². The first kappa shape index (κ1) is 31.5. The predicted molar refractivity (Wildman–Crippen MR) is 195 cm³/mol. The molecule has 6 heteroatoms. The summed E-state index contributed by atoms with van der Waals surface area (Å²) in [6.45, 7) is 11.3. The Balaban J connectivity index is 0.000000181. The van der Waals surface area contributed by atoms with E-state index < -0.39 is 8.07 Å². The first-order chi connectivity index (χ1) is 21.3. The maximum atomic E-state index is 4.85. The molecular weight excluding hydrogens is 781 g/mol. The van der Waals surface area contributed by atoms with Crippen LogP contribution in [0.5, 0.6) is 0 Å². The molecule has 0 saturated heterocycles. The molecule has 225 valence electrons. The molecular formula is C39H32IrN2S2Si-2. The maximum Gasteiger partial charge on any atom is 0.0795 e. The summed E-state index contributed by atoms with van der Waals surface area (Å²) in [5.74, 6) is 0. The zero-order valence-corrected chi connectivity index (χ0v) is 30.9. The molecule has 4 heterocycles. The van der Waals surface area contributed by atoms with Crippen LogP contribution >= 0.6 is 22.7 Å². The van der Waals surface area contributed by atoms with Gasteiger partial charge in [0.2, 0.25) is 0 Å². The second-order valence-corrected chi connectivity index (χ2v) is 19.5. The van der Waals surface area contributed by atoms with E-state index in [1.54, 1.807) is 0 Å². The Kier molecular flexibility index (Phi) is 8.88. The first-order valence-corrected chi connectivity index (χ1v) is 19.9. The molecule has 0 aliphatic heterocycles. The number of benzene rings is 4. The van der Waals surface area contributed by atoms with Crippen molar-refractivity contribution >= 4 is 76.3 Å². The zero-order valence-electron chi connectivity index (χ0n) is 25.9. The molecule has 45 heavy (non-hydrogen) atoms. The predicted octanol–water partition coefficient (Wildman–Crippen LogP) is 11.0. The summed E-state index contributed by atoms with van der Waals surface area (Å²) < 4.78 is 5.24. The van der Waals surface area contributed by atoms with Crippen LogP contribution in [0.1, 0.15) is 11.1 Å². The molecule has 2 nitrogen and oxygen atoms in total. The van der Waals surface area contributed by atoms with Crippen molar-refractivity contribution in [2.75, 3.05) is 0 Å². The molecule has 0 saturated carbocycles. The number of hydrogen-bond donors (Lipinski definition) is 0. The van der Waals surface area contributed by atoms with Crippen LogP contribution in [-0.4, -0.2) is 18.0 Å². The minimum atomic E-state index is -1.23. The second-order valence-electron chi connectivity index (χ2n) is 12.3. The number of nitrogens with zero attached hydrogens (tertiary/aromatic N) is 2. The van der Waals surface area contributed by atoms with Gasteiger partial charge in [-0.1, -0.05) is 73.6 Å². The second kappa shape index (κ2) is 12.7. The van der Waals surface area contributed by atoms with Crippen molar-refractivity contribution in [1.82, 2.24) is 9.97 Å². The van der Waals surface area contributed by atoms with E-state index in [-0.39, 0.29) is 20.1 Å². The van der Waals surface area contributed by atoms with Crippen molar-refractivity contribution in [3.63, 3.8) is 0 Å². The average molecular weight is 813 g/mol. The maximum absolute atomic E-state index is 4.85. The number of hydrogen-bond acceptors (Lipinski definition) is 4. The topological polar surface area (TPSA) is 25.8 Å². The van der Waals surface area contributed by atoms with E-state index in [0.717, 1.165) is 22.5 Å². The molecule has 8 rings (SSSR count). The van der Waals surface area contributed by atoms with Gasteiger partial charge in [-0.15, -0.1) is 71.0 Å². The van der Waals surface area contributed by atoms with Crippen LogP contribution in [0.15, 0.2) is 103 Å². The Labute approximate surface area is 287 Å². The van der Waals surface area contributed by atoms with Gasteiger partial charge in [0.05, 0.1) is 8.07 Å². The van der Waals surface area contributed by atoms with E-state index in [0.29, 0.717) is 0 Å². The third-order valence-electron chi connectivity index (χ3n) is 8.04. The van der Waals surface area contributed by atoms with E-state index >= 15 is 0 Å². The minimum absolute atomic E-state index is 0. The molecule has 0 aliphatic rings. The summed E-state index contributed by atoms with van der Waals surface area (Å²) in [4.78, 5) is 9.37. The van der Waals surface area contributed by atoms with Crippen LogP contribution in [0.25, 0.3) is 62.9 Å². The number of fused-ring (bicyclic) bond motifs is 6. The van der Waals surface area contributed by atoms with Gasteiger partial charge in [0.1, 0.15) is 0 Å². The van der Waals surface area contributed by atoms with Gasteiger partial charge in [0.25, 0.3) is 0 Å². The third kappa shape index (κ3) is 6.18. The van der Waals surface area contributed by atoms with E-state index in [1.807, 2.05) is 65.4 Å². The summed E-state index contributed by atoms with van der Waals surface area (Å²) in [6.07, 6.45) is 4.05. The molecule has 0 amide bonds. The summed E-state index contributed by atoms with van der Waals surface area (Å²) in [5, 5.41) is 6.56. The number of rotatable bonds is 3. The smallest absolute Gasteiger partial charge is 0.0795 e. The van der Waals surface area contributed by atoms with E-state index in [2.05, 4.69) is 111 Å². The summed E-state index contributed by atoms with van der Waals surface area (Å²) in [7, 11) is -1.23. The van der Waals surface area contributed by atoms with Crippen LogP contribution in [0, 0.1) is 26.0 Å². The van der Waals surface area contributed by atoms with Crippen LogP contribution in [0.3, 0.4) is 0 Å². The molecule has 0 unspecified atom stereocenters. The Hall–Kier alpha value is -3.51. The average Bonchev–Trinajstić information content (AvgIpc) is 3.60. The van der Waals surface area contributed by atoms with Crippen LogP contribution in [0.4, 0.5) is 0 Å². The summed E-state index contributed by atoms with van der Waals surface area (Å²) >= 11 is 3.70. The van der Waals surface area contributed by atoms with Gasteiger partial charge in [0.15, 0.2) is 0 Å². The van der Waals surface area contributed by atoms with Crippen molar-refractivity contribution in [3.05, 3.63) is 127 Å². The summed E-state index contributed by atoms with van der Waals surface area (Å²) in [5.41, 5.74) is 6.80. The van der Waals surface area contributed by atoms with Crippen molar-refractivity contribution < 1.29 is 20.1 Å². The Morgan fingerprint density at radius 3 is 2.16 bits per heavy atom. The fraction of sp³-hybridized carbons (Fsp3) is 0.128. The molecule has 1 radical (unpaired) electrons. The Bertz CT molecular complexity index is 2280. The molecule has 0 spiro atoms. The van der Waals surface area contributed by atoms with Crippen molar-refractivity contribution in [2.24, 2.45) is 0 Å². The number of aryl methyl sites for hydroxylation is 2. The Morgan fingerprint density at radius 1 is 0.622 bits per heavy atom. The van der Waals surface area contributed by atoms with E-state index in [4.69, 9.17) is 4.98 Å². The van der Waals surface area contributed by atoms with Gasteiger partial charge in [-0.05, 0) is 57.7 Å². The van der Waals surface area contributed by atoms with Gasteiger partial charge >= 0.3 is 0 Å². The molecule has 4 aromatic heterocycles. The Morgan fingerprint density at radius 2 is 1.40 bits per heavy atom. The van der Waals surface area contributed by atoms with E-state index in [1.165, 1.54) is 56.7 Å². The monoisotopic (exact) mass is 813 g/mol.